The van der Waals surface area contributed by atoms with Gasteiger partial charge in [0.2, 0.25) is 0 Å². The fourth-order valence-electron chi connectivity index (χ4n) is 1.22. The molecule has 0 saturated heterocycles. The maximum atomic E-state index is 11.0. The van der Waals surface area contributed by atoms with Crippen molar-refractivity contribution < 1.29 is 34.4 Å². The average Bonchev–Trinajstić information content (AvgIpc) is 2.65. The van der Waals surface area contributed by atoms with Gasteiger partial charge >= 0.3 is 17.9 Å². The van der Waals surface area contributed by atoms with Gasteiger partial charge in [0.05, 0.1) is 29.9 Å². The molecule has 1 aromatic carbocycles. The van der Waals surface area contributed by atoms with Crippen LogP contribution in [0.5, 0.6) is 0 Å². The lowest BCUT2D eigenvalue weighted by molar-refractivity contribution is 0.0443. The third-order valence-electron chi connectivity index (χ3n) is 1.99. The molecule has 0 amide bonds. The molecular weight excluding hydrogens is 244 g/mol. The lowest BCUT2D eigenvalue weighted by atomic mass is 10.1. The molecule has 2 rings (SSSR count). The Labute approximate surface area is 101 Å². The van der Waals surface area contributed by atoms with E-state index in [2.05, 4.69) is 4.74 Å². The summed E-state index contributed by atoms with van der Waals surface area (Å²) in [4.78, 5) is 32.5. The van der Waals surface area contributed by atoms with Crippen LogP contribution in [0.25, 0.3) is 0 Å². The van der Waals surface area contributed by atoms with E-state index >= 15 is 0 Å². The van der Waals surface area contributed by atoms with E-state index in [1.54, 1.807) is 0 Å². The molecule has 1 aliphatic heterocycles. The lowest BCUT2D eigenvalue weighted by Crippen LogP contribution is -2.00. The van der Waals surface area contributed by atoms with Crippen LogP contribution in [0, 0.1) is 0 Å². The third kappa shape index (κ3) is 2.90. The fourth-order valence-corrected chi connectivity index (χ4v) is 1.22. The molecule has 0 fully saturated rings. The van der Waals surface area contributed by atoms with E-state index in [0.717, 1.165) is 6.07 Å². The van der Waals surface area contributed by atoms with E-state index in [1.165, 1.54) is 12.1 Å². The van der Waals surface area contributed by atoms with Crippen molar-refractivity contribution in [1.82, 2.24) is 0 Å². The number of aromatic carboxylic acids is 1. The van der Waals surface area contributed by atoms with Gasteiger partial charge in [0.1, 0.15) is 0 Å². The predicted octanol–water partition coefficient (Wildman–Crippen LogP) is -0.334. The van der Waals surface area contributed by atoms with E-state index in [1.807, 2.05) is 0 Å². The number of aliphatic hydroxyl groups is 2. The number of fused-ring (bicyclic) bond motifs is 1. The molecule has 1 aliphatic rings. The van der Waals surface area contributed by atoms with Crippen LogP contribution in [0.1, 0.15) is 31.1 Å². The number of rotatable bonds is 2. The summed E-state index contributed by atoms with van der Waals surface area (Å²) in [5, 5.41) is 23.9. The highest BCUT2D eigenvalue weighted by Gasteiger charge is 2.30. The number of hydrogen-bond acceptors (Lipinski definition) is 6. The molecule has 0 spiro atoms. The molecule has 0 unspecified atom stereocenters. The van der Waals surface area contributed by atoms with Gasteiger partial charge < -0.3 is 20.1 Å². The average molecular weight is 254 g/mol. The summed E-state index contributed by atoms with van der Waals surface area (Å²) in [7, 11) is 0. The molecule has 0 atom stereocenters. The van der Waals surface area contributed by atoms with Gasteiger partial charge in [0.15, 0.2) is 0 Å². The minimum absolute atomic E-state index is 0.00917. The number of hydrogen-bond donors (Lipinski definition) is 3. The molecule has 96 valence electrons. The summed E-state index contributed by atoms with van der Waals surface area (Å²) in [6.45, 7) is -0.250. The molecule has 7 nitrogen and oxygen atoms in total. The second-order valence-electron chi connectivity index (χ2n) is 3.19. The van der Waals surface area contributed by atoms with Crippen molar-refractivity contribution in [3.63, 3.8) is 0 Å². The number of carbonyl (C=O) groups is 3. The molecule has 0 radical (unpaired) electrons. The second kappa shape index (κ2) is 5.89. The first-order valence-electron chi connectivity index (χ1n) is 4.86. The molecule has 18 heavy (non-hydrogen) atoms. The Bertz CT molecular complexity index is 490. The SMILES string of the molecule is O=C(O)c1ccc2c(c1)C(=O)OC2=O.OCCO. The highest BCUT2D eigenvalue weighted by atomic mass is 16.6. The summed E-state index contributed by atoms with van der Waals surface area (Å²) < 4.78 is 4.30. The van der Waals surface area contributed by atoms with Gasteiger partial charge in [-0.05, 0) is 18.2 Å². The highest BCUT2D eigenvalue weighted by Crippen LogP contribution is 2.20. The molecule has 0 bridgehead atoms. The van der Waals surface area contributed by atoms with Gasteiger partial charge in [-0.2, -0.15) is 0 Å². The number of cyclic esters (lactones) is 2. The monoisotopic (exact) mass is 254 g/mol. The molecular formula is C11H10O7. The maximum absolute atomic E-state index is 11.0. The standard InChI is InChI=1S/C9H4O5.C2H6O2/c10-7(11)4-1-2-5-6(3-4)9(13)14-8(5)12;3-1-2-4/h1-3H,(H,10,11);3-4H,1-2H2. The topological polar surface area (TPSA) is 121 Å². The molecule has 7 heteroatoms. The van der Waals surface area contributed by atoms with Crippen LogP contribution in [0.4, 0.5) is 0 Å². The van der Waals surface area contributed by atoms with E-state index in [0.29, 0.717) is 0 Å². The molecule has 0 aromatic heterocycles. The summed E-state index contributed by atoms with van der Waals surface area (Å²) >= 11 is 0. The number of aliphatic hydroxyl groups excluding tert-OH is 2. The number of esters is 2. The van der Waals surface area contributed by atoms with Gasteiger partial charge in [-0.1, -0.05) is 0 Å². The minimum Gasteiger partial charge on any atom is -0.478 e. The van der Waals surface area contributed by atoms with E-state index in [-0.39, 0.29) is 29.9 Å². The van der Waals surface area contributed by atoms with Crippen molar-refractivity contribution in [2.24, 2.45) is 0 Å². The highest BCUT2D eigenvalue weighted by molar-refractivity contribution is 6.15. The minimum atomic E-state index is -1.15. The number of ether oxygens (including phenoxy) is 1. The van der Waals surface area contributed by atoms with E-state index in [4.69, 9.17) is 15.3 Å². The number of benzene rings is 1. The van der Waals surface area contributed by atoms with Crippen LogP contribution in [0.2, 0.25) is 0 Å². The summed E-state index contributed by atoms with van der Waals surface area (Å²) in [5.41, 5.74) is 0.0744. The van der Waals surface area contributed by atoms with Crippen LogP contribution in [-0.2, 0) is 4.74 Å². The Morgan fingerprint density at radius 3 is 2.11 bits per heavy atom. The van der Waals surface area contributed by atoms with Gasteiger partial charge in [-0.15, -0.1) is 0 Å². The first kappa shape index (κ1) is 13.8. The zero-order valence-electron chi connectivity index (χ0n) is 9.12. The Hall–Kier alpha value is -2.25. The van der Waals surface area contributed by atoms with Crippen LogP contribution in [-0.4, -0.2) is 46.4 Å². The molecule has 3 N–H and O–H groups in total. The molecule has 0 aliphatic carbocycles. The fraction of sp³-hybridized carbons (Fsp3) is 0.182. The van der Waals surface area contributed by atoms with Crippen LogP contribution in [0.3, 0.4) is 0 Å². The largest absolute Gasteiger partial charge is 0.478 e. The molecule has 1 aromatic rings. The van der Waals surface area contributed by atoms with Crippen molar-refractivity contribution >= 4 is 17.9 Å². The predicted molar refractivity (Wildman–Crippen MR) is 57.3 cm³/mol. The van der Waals surface area contributed by atoms with Crippen molar-refractivity contribution in [3.05, 3.63) is 34.9 Å². The van der Waals surface area contributed by atoms with Crippen molar-refractivity contribution in [2.45, 2.75) is 0 Å². The van der Waals surface area contributed by atoms with Crippen LogP contribution >= 0.6 is 0 Å². The summed E-state index contributed by atoms with van der Waals surface area (Å²) in [6, 6.07) is 3.65. The summed E-state index contributed by atoms with van der Waals surface area (Å²) in [5.74, 6) is -2.69. The Kier molecular flexibility index (Phi) is 4.52. The molecule has 0 saturated carbocycles. The Balaban J connectivity index is 0.000000357. The first-order chi connectivity index (χ1) is 8.51. The van der Waals surface area contributed by atoms with Gasteiger partial charge in [-0.3, -0.25) is 0 Å². The quantitative estimate of drug-likeness (QED) is 0.487. The van der Waals surface area contributed by atoms with Gasteiger partial charge in [-0.25, -0.2) is 14.4 Å². The van der Waals surface area contributed by atoms with Gasteiger partial charge in [0.25, 0.3) is 0 Å². The second-order valence-corrected chi connectivity index (χ2v) is 3.19. The van der Waals surface area contributed by atoms with Crippen molar-refractivity contribution in [2.75, 3.05) is 13.2 Å². The number of carboxylic acids is 1. The van der Waals surface area contributed by atoms with Crippen molar-refractivity contribution in [3.8, 4) is 0 Å². The van der Waals surface area contributed by atoms with Crippen molar-refractivity contribution in [1.29, 1.82) is 0 Å². The Morgan fingerprint density at radius 1 is 1.06 bits per heavy atom. The number of carbonyl (C=O) groups excluding carboxylic acids is 2. The zero-order valence-corrected chi connectivity index (χ0v) is 9.12. The summed E-state index contributed by atoms with van der Waals surface area (Å²) in [6.07, 6.45) is 0. The lowest BCUT2D eigenvalue weighted by Gasteiger charge is -1.94. The number of carboxylic acid groups (broad SMARTS) is 1. The zero-order chi connectivity index (χ0) is 13.7. The Morgan fingerprint density at radius 2 is 1.61 bits per heavy atom. The smallest absolute Gasteiger partial charge is 0.346 e. The first-order valence-corrected chi connectivity index (χ1v) is 4.86. The van der Waals surface area contributed by atoms with Crippen LogP contribution < -0.4 is 0 Å². The van der Waals surface area contributed by atoms with E-state index in [9.17, 15) is 14.4 Å². The van der Waals surface area contributed by atoms with Gasteiger partial charge in [0, 0.05) is 0 Å². The van der Waals surface area contributed by atoms with E-state index < -0.39 is 17.9 Å². The maximum Gasteiger partial charge on any atom is 0.346 e. The normalized spacial score (nSPS) is 12.3. The van der Waals surface area contributed by atoms with Crippen LogP contribution in [0.15, 0.2) is 18.2 Å². The third-order valence-corrected chi connectivity index (χ3v) is 1.99. The molecule has 1 heterocycles.